The number of ether oxygens (including phenoxy) is 1. The quantitative estimate of drug-likeness (QED) is 0.278. The zero-order valence-electron chi connectivity index (χ0n) is 26.3. The van der Waals surface area contributed by atoms with E-state index in [1.54, 1.807) is 20.8 Å². The molecule has 2 aromatic carbocycles. The number of carboxylic acid groups (broad SMARTS) is 1. The normalized spacial score (nSPS) is 28.0. The van der Waals surface area contributed by atoms with E-state index < -0.39 is 53.0 Å². The SMILES string of the molecule is CC(C)(C)OC(=O)NN1CCCC/C=C\[C@@H]2C[C@@]2(C(=O)O)NC(=O)[C@@H]2C[C@@H](ON=C3c4ccccc4-c4ccccc43)C[C@H]2C1=O. The zero-order chi connectivity index (χ0) is 32.6. The number of rotatable bonds is 4. The van der Waals surface area contributed by atoms with E-state index in [2.05, 4.69) is 15.9 Å². The molecule has 242 valence electrons. The lowest BCUT2D eigenvalue weighted by Crippen LogP contribution is -2.53. The molecule has 0 aromatic heterocycles. The highest BCUT2D eigenvalue weighted by molar-refractivity contribution is 6.24. The Balaban J connectivity index is 1.29. The number of allylic oxidation sites excluding steroid dienone is 1. The second kappa shape index (κ2) is 12.3. The summed E-state index contributed by atoms with van der Waals surface area (Å²) in [6.45, 7) is 5.42. The Labute approximate surface area is 268 Å². The second-order valence-electron chi connectivity index (χ2n) is 13.5. The third-order valence-electron chi connectivity index (χ3n) is 9.13. The van der Waals surface area contributed by atoms with Crippen molar-refractivity contribution in [2.24, 2.45) is 22.9 Å². The number of fused-ring (bicyclic) bond motifs is 5. The molecule has 6 rings (SSSR count). The average molecular weight is 629 g/mol. The Morgan fingerprint density at radius 1 is 0.978 bits per heavy atom. The van der Waals surface area contributed by atoms with Crippen LogP contribution in [0.5, 0.6) is 0 Å². The molecule has 11 nitrogen and oxygen atoms in total. The van der Waals surface area contributed by atoms with Gasteiger partial charge in [0, 0.05) is 23.6 Å². The molecule has 4 aliphatic rings. The van der Waals surface area contributed by atoms with Crippen molar-refractivity contribution in [2.75, 3.05) is 6.54 Å². The molecule has 0 spiro atoms. The van der Waals surface area contributed by atoms with E-state index in [-0.39, 0.29) is 31.7 Å². The highest BCUT2D eigenvalue weighted by Crippen LogP contribution is 2.46. The molecule has 0 bridgehead atoms. The molecule has 46 heavy (non-hydrogen) atoms. The number of oxime groups is 1. The predicted molar refractivity (Wildman–Crippen MR) is 169 cm³/mol. The first-order chi connectivity index (χ1) is 22.0. The number of benzene rings is 2. The highest BCUT2D eigenvalue weighted by atomic mass is 16.6. The van der Waals surface area contributed by atoms with Crippen LogP contribution in [0.4, 0.5) is 4.79 Å². The second-order valence-corrected chi connectivity index (χ2v) is 13.5. The van der Waals surface area contributed by atoms with E-state index in [1.165, 1.54) is 5.01 Å². The van der Waals surface area contributed by atoms with Gasteiger partial charge in [0.05, 0.1) is 11.8 Å². The summed E-state index contributed by atoms with van der Waals surface area (Å²) in [5, 5.41) is 18.7. The number of nitrogens with zero attached hydrogens (tertiary/aromatic N) is 2. The average Bonchev–Trinajstić information content (AvgIpc) is 3.38. The Morgan fingerprint density at radius 3 is 2.24 bits per heavy atom. The molecule has 2 fully saturated rings. The summed E-state index contributed by atoms with van der Waals surface area (Å²) in [5.41, 5.74) is 5.04. The lowest BCUT2D eigenvalue weighted by atomic mass is 9.93. The van der Waals surface area contributed by atoms with Crippen LogP contribution >= 0.6 is 0 Å². The van der Waals surface area contributed by atoms with Gasteiger partial charge in [0.1, 0.15) is 23.0 Å². The molecule has 0 saturated heterocycles. The summed E-state index contributed by atoms with van der Waals surface area (Å²) in [7, 11) is 0. The van der Waals surface area contributed by atoms with Crippen molar-refractivity contribution in [2.45, 2.75) is 76.5 Å². The van der Waals surface area contributed by atoms with Gasteiger partial charge in [0.15, 0.2) is 0 Å². The Bertz CT molecular complexity index is 1560. The standard InChI is InChI=1S/C35H40N4O7/c1-34(2,3)45-33(44)37-39-17-11-5-4-6-12-21-20-35(21,32(42)43)36-30(40)27-18-22(19-28(27)31(39)41)46-38-29-25-15-9-7-13-23(25)24-14-8-10-16-26(24)29/h6-10,12-16,21-22,27-28H,4-5,11,17-20H2,1-3H3,(H,36,40)(H,37,44)(H,42,43)/b12-6-/t21-,22-,27-,28-,35-/m1/s1. The van der Waals surface area contributed by atoms with Gasteiger partial charge in [-0.2, -0.15) is 0 Å². The molecule has 3 amide bonds. The lowest BCUT2D eigenvalue weighted by molar-refractivity contribution is -0.146. The monoisotopic (exact) mass is 628 g/mol. The molecular weight excluding hydrogens is 588 g/mol. The minimum absolute atomic E-state index is 0.152. The van der Waals surface area contributed by atoms with Crippen LogP contribution in [0.2, 0.25) is 0 Å². The van der Waals surface area contributed by atoms with Crippen molar-refractivity contribution in [3.63, 3.8) is 0 Å². The number of carbonyl (C=O) groups excluding carboxylic acids is 3. The Morgan fingerprint density at radius 2 is 1.61 bits per heavy atom. The number of aliphatic carboxylic acids is 1. The van der Waals surface area contributed by atoms with Crippen molar-refractivity contribution < 1.29 is 33.9 Å². The van der Waals surface area contributed by atoms with Crippen molar-refractivity contribution in [3.8, 4) is 11.1 Å². The van der Waals surface area contributed by atoms with E-state index in [9.17, 15) is 24.3 Å². The van der Waals surface area contributed by atoms with Crippen LogP contribution in [0.15, 0.2) is 65.8 Å². The van der Waals surface area contributed by atoms with Crippen LogP contribution in [-0.2, 0) is 24.0 Å². The van der Waals surface area contributed by atoms with E-state index in [4.69, 9.17) is 9.57 Å². The van der Waals surface area contributed by atoms with Crippen LogP contribution in [-0.4, -0.2) is 63.5 Å². The summed E-state index contributed by atoms with van der Waals surface area (Å²) in [4.78, 5) is 59.2. The van der Waals surface area contributed by atoms with Crippen LogP contribution in [0.3, 0.4) is 0 Å². The molecule has 1 heterocycles. The molecule has 3 aliphatic carbocycles. The molecule has 0 unspecified atom stereocenters. The molecular formula is C35H40N4O7. The number of carboxylic acids is 1. The highest BCUT2D eigenvalue weighted by Gasteiger charge is 2.61. The van der Waals surface area contributed by atoms with Gasteiger partial charge in [0.25, 0.3) is 0 Å². The number of carbonyl (C=O) groups is 4. The number of hydrogen-bond acceptors (Lipinski definition) is 7. The summed E-state index contributed by atoms with van der Waals surface area (Å²) >= 11 is 0. The summed E-state index contributed by atoms with van der Waals surface area (Å²) in [5.74, 6) is -4.18. The van der Waals surface area contributed by atoms with Crippen LogP contribution in [0.25, 0.3) is 11.1 Å². The van der Waals surface area contributed by atoms with Gasteiger partial charge >= 0.3 is 12.1 Å². The van der Waals surface area contributed by atoms with Crippen molar-refractivity contribution in [1.82, 2.24) is 15.8 Å². The smallest absolute Gasteiger partial charge is 0.426 e. The molecule has 1 aliphatic heterocycles. The van der Waals surface area contributed by atoms with E-state index in [0.29, 0.717) is 18.6 Å². The van der Waals surface area contributed by atoms with Gasteiger partial charge < -0.3 is 20.0 Å². The third kappa shape index (κ3) is 6.23. The Hall–Kier alpha value is -4.67. The summed E-state index contributed by atoms with van der Waals surface area (Å²) in [6.07, 6.45) is 4.96. The van der Waals surface area contributed by atoms with Gasteiger partial charge in [-0.3, -0.25) is 14.6 Å². The maximum Gasteiger partial charge on any atom is 0.426 e. The first-order valence-corrected chi connectivity index (χ1v) is 15.9. The van der Waals surface area contributed by atoms with E-state index in [0.717, 1.165) is 28.7 Å². The lowest BCUT2D eigenvalue weighted by Gasteiger charge is -2.30. The first kappa shape index (κ1) is 31.3. The zero-order valence-corrected chi connectivity index (χ0v) is 26.3. The van der Waals surface area contributed by atoms with Gasteiger partial charge in [-0.05, 0) is 70.4 Å². The molecule has 2 aromatic rings. The van der Waals surface area contributed by atoms with Gasteiger partial charge in [-0.15, -0.1) is 0 Å². The van der Waals surface area contributed by atoms with Gasteiger partial charge in [0.2, 0.25) is 11.8 Å². The molecule has 5 atom stereocenters. The van der Waals surface area contributed by atoms with Gasteiger partial charge in [-0.25, -0.2) is 15.0 Å². The van der Waals surface area contributed by atoms with Crippen molar-refractivity contribution in [1.29, 1.82) is 0 Å². The molecule has 3 N–H and O–H groups in total. The van der Waals surface area contributed by atoms with Crippen molar-refractivity contribution >= 4 is 29.6 Å². The Kier molecular flexibility index (Phi) is 8.35. The minimum atomic E-state index is -1.41. The van der Waals surface area contributed by atoms with Crippen LogP contribution in [0, 0.1) is 17.8 Å². The third-order valence-corrected chi connectivity index (χ3v) is 9.13. The fraction of sp³-hybridized carbons (Fsp3) is 0.457. The minimum Gasteiger partial charge on any atom is -0.479 e. The molecule has 2 saturated carbocycles. The number of nitrogens with one attached hydrogen (secondary N) is 2. The van der Waals surface area contributed by atoms with Crippen LogP contribution in [0.1, 0.15) is 70.4 Å². The maximum atomic E-state index is 14.1. The number of hydrazine groups is 1. The van der Waals surface area contributed by atoms with Crippen LogP contribution < -0.4 is 10.7 Å². The fourth-order valence-electron chi connectivity index (χ4n) is 6.76. The largest absolute Gasteiger partial charge is 0.479 e. The maximum absolute atomic E-state index is 14.1. The number of hydrogen-bond donors (Lipinski definition) is 3. The van der Waals surface area contributed by atoms with E-state index in [1.807, 2.05) is 60.7 Å². The van der Waals surface area contributed by atoms with Crippen molar-refractivity contribution in [3.05, 3.63) is 71.8 Å². The predicted octanol–water partition coefficient (Wildman–Crippen LogP) is 4.80. The molecule has 0 radical (unpaired) electrons. The molecule has 11 heteroatoms. The first-order valence-electron chi connectivity index (χ1n) is 15.9. The number of amides is 3. The fourth-order valence-corrected chi connectivity index (χ4v) is 6.76. The van der Waals surface area contributed by atoms with E-state index >= 15 is 0 Å². The summed E-state index contributed by atoms with van der Waals surface area (Å²) < 4.78 is 5.42. The van der Waals surface area contributed by atoms with Gasteiger partial charge in [-0.1, -0.05) is 65.8 Å². The summed E-state index contributed by atoms with van der Waals surface area (Å²) in [6, 6.07) is 15.8. The topological polar surface area (TPSA) is 147 Å².